The predicted molar refractivity (Wildman–Crippen MR) is 73.5 cm³/mol. The molecule has 0 saturated carbocycles. The van der Waals surface area contributed by atoms with E-state index in [1.807, 2.05) is 0 Å². The van der Waals surface area contributed by atoms with Crippen LogP contribution in [0.2, 0.25) is 0 Å². The van der Waals surface area contributed by atoms with Gasteiger partial charge in [-0.2, -0.15) is 0 Å². The fourth-order valence-corrected chi connectivity index (χ4v) is 2.15. The van der Waals surface area contributed by atoms with E-state index in [1.165, 1.54) is 0 Å². The van der Waals surface area contributed by atoms with Crippen LogP contribution in [0.4, 0.5) is 0 Å². The number of hydrogen-bond acceptors (Lipinski definition) is 5. The quantitative estimate of drug-likeness (QED) is 0.473. The number of rotatable bonds is 6. The third kappa shape index (κ3) is 2.91. The molecular formula is C13H17N3O5. The van der Waals surface area contributed by atoms with Gasteiger partial charge in [0.1, 0.15) is 0 Å². The maximum atomic E-state index is 12.4. The van der Waals surface area contributed by atoms with Crippen LogP contribution in [-0.2, 0) is 29.1 Å². The fraction of sp³-hybridized carbons (Fsp3) is 0.615. The smallest absolute Gasteiger partial charge is 0.336 e. The minimum atomic E-state index is -0.614. The van der Waals surface area contributed by atoms with Crippen molar-refractivity contribution in [3.8, 4) is 0 Å². The van der Waals surface area contributed by atoms with Gasteiger partial charge in [0.25, 0.3) is 0 Å². The molecule has 0 N–H and O–H groups in total. The van der Waals surface area contributed by atoms with E-state index in [2.05, 4.69) is 6.58 Å². The van der Waals surface area contributed by atoms with E-state index in [0.717, 1.165) is 13.7 Å². The molecule has 0 amide bonds. The van der Waals surface area contributed by atoms with Crippen molar-refractivity contribution in [2.24, 2.45) is 0 Å². The molecule has 8 nitrogen and oxygen atoms in total. The normalized spacial score (nSPS) is 23.1. The molecule has 3 rings (SSSR count). The van der Waals surface area contributed by atoms with Gasteiger partial charge in [0, 0.05) is 0 Å². The lowest BCUT2D eigenvalue weighted by Crippen LogP contribution is -2.55. The molecule has 2 unspecified atom stereocenters. The predicted octanol–water partition coefficient (Wildman–Crippen LogP) is -1.45. The van der Waals surface area contributed by atoms with Gasteiger partial charge in [-0.3, -0.25) is 0 Å². The Morgan fingerprint density at radius 2 is 1.38 bits per heavy atom. The number of hydrogen-bond donors (Lipinski definition) is 0. The van der Waals surface area contributed by atoms with Gasteiger partial charge < -0.3 is 9.47 Å². The van der Waals surface area contributed by atoms with Crippen molar-refractivity contribution in [1.29, 1.82) is 0 Å². The zero-order chi connectivity index (χ0) is 15.1. The van der Waals surface area contributed by atoms with Crippen LogP contribution in [0.5, 0.6) is 0 Å². The summed E-state index contributed by atoms with van der Waals surface area (Å²) >= 11 is 0. The molecule has 114 valence electrons. The zero-order valence-corrected chi connectivity index (χ0v) is 11.8. The second-order valence-corrected chi connectivity index (χ2v) is 5.52. The Labute approximate surface area is 119 Å². The molecule has 1 aromatic heterocycles. The van der Waals surface area contributed by atoms with Gasteiger partial charge in [0.2, 0.25) is 0 Å². The van der Waals surface area contributed by atoms with Crippen LogP contribution in [0.15, 0.2) is 26.5 Å². The highest BCUT2D eigenvalue weighted by molar-refractivity contribution is 4.92. The highest BCUT2D eigenvalue weighted by atomic mass is 16.6. The van der Waals surface area contributed by atoms with E-state index in [-0.39, 0.29) is 31.8 Å². The van der Waals surface area contributed by atoms with Crippen LogP contribution in [0, 0.1) is 0 Å². The Balaban J connectivity index is 2.13. The van der Waals surface area contributed by atoms with Crippen molar-refractivity contribution >= 4 is 0 Å². The molecule has 21 heavy (non-hydrogen) atoms. The summed E-state index contributed by atoms with van der Waals surface area (Å²) in [6.45, 7) is 6.91. The minimum absolute atomic E-state index is 0.0923. The highest BCUT2D eigenvalue weighted by Gasteiger charge is 2.29. The number of ether oxygens (including phenoxy) is 2. The second kappa shape index (κ2) is 5.12. The Hall–Kier alpha value is -1.93. The topological polar surface area (TPSA) is 91.1 Å². The first-order valence-electron chi connectivity index (χ1n) is 6.79. The van der Waals surface area contributed by atoms with Gasteiger partial charge in [-0.25, -0.2) is 28.1 Å². The number of epoxide rings is 2. The molecule has 1 aromatic rings. The fourth-order valence-electron chi connectivity index (χ4n) is 2.15. The monoisotopic (exact) mass is 295 g/mol. The number of allylic oxidation sites excluding steroid dienone is 1. The summed E-state index contributed by atoms with van der Waals surface area (Å²) in [6, 6.07) is 0. The Kier molecular flexibility index (Phi) is 3.42. The SMILES string of the molecule is C=C(C)Cn1c(=O)n(CC2CO2)c(=O)n(CC2CO2)c1=O. The molecule has 0 aromatic carbocycles. The van der Waals surface area contributed by atoms with Crippen molar-refractivity contribution in [2.75, 3.05) is 13.2 Å². The first kappa shape index (κ1) is 14.0. The van der Waals surface area contributed by atoms with Crippen LogP contribution in [0.3, 0.4) is 0 Å². The minimum Gasteiger partial charge on any atom is -0.371 e. The maximum Gasteiger partial charge on any atom is 0.336 e. The molecule has 2 aliphatic heterocycles. The average molecular weight is 295 g/mol. The molecule has 8 heteroatoms. The van der Waals surface area contributed by atoms with E-state index < -0.39 is 17.1 Å². The van der Waals surface area contributed by atoms with Crippen molar-refractivity contribution < 1.29 is 9.47 Å². The van der Waals surface area contributed by atoms with Crippen molar-refractivity contribution in [3.05, 3.63) is 43.6 Å². The van der Waals surface area contributed by atoms with Crippen molar-refractivity contribution in [1.82, 2.24) is 13.7 Å². The first-order chi connectivity index (χ1) is 9.97. The van der Waals surface area contributed by atoms with E-state index >= 15 is 0 Å². The zero-order valence-electron chi connectivity index (χ0n) is 11.8. The molecule has 2 atom stereocenters. The first-order valence-corrected chi connectivity index (χ1v) is 6.79. The molecule has 2 aliphatic rings. The van der Waals surface area contributed by atoms with E-state index in [0.29, 0.717) is 18.8 Å². The van der Waals surface area contributed by atoms with Crippen LogP contribution in [0.1, 0.15) is 6.92 Å². The lowest BCUT2D eigenvalue weighted by Gasteiger charge is -2.12. The standard InChI is InChI=1S/C13H17N3O5/c1-8(2)3-14-11(17)15(4-9-6-20-9)13(19)16(12(14)18)5-10-7-21-10/h9-10H,1,3-7H2,2H3. The van der Waals surface area contributed by atoms with Gasteiger partial charge >= 0.3 is 17.1 Å². The van der Waals surface area contributed by atoms with Gasteiger partial charge in [-0.1, -0.05) is 12.2 Å². The van der Waals surface area contributed by atoms with Crippen molar-refractivity contribution in [3.63, 3.8) is 0 Å². The molecule has 0 radical (unpaired) electrons. The molecule has 2 fully saturated rings. The largest absolute Gasteiger partial charge is 0.371 e. The van der Waals surface area contributed by atoms with Gasteiger partial charge in [0.05, 0.1) is 45.1 Å². The van der Waals surface area contributed by atoms with Gasteiger partial charge in [-0.05, 0) is 6.92 Å². The molecule has 2 saturated heterocycles. The summed E-state index contributed by atoms with van der Waals surface area (Å²) in [5.74, 6) is 0. The lowest BCUT2D eigenvalue weighted by atomic mass is 10.3. The maximum absolute atomic E-state index is 12.4. The molecular weight excluding hydrogens is 278 g/mol. The third-order valence-electron chi connectivity index (χ3n) is 3.39. The van der Waals surface area contributed by atoms with Gasteiger partial charge in [-0.15, -0.1) is 0 Å². The molecule has 0 spiro atoms. The summed E-state index contributed by atoms with van der Waals surface area (Å²) in [4.78, 5) is 37.0. The Morgan fingerprint density at radius 1 is 1.00 bits per heavy atom. The molecule has 0 aliphatic carbocycles. The van der Waals surface area contributed by atoms with Crippen LogP contribution < -0.4 is 17.1 Å². The highest BCUT2D eigenvalue weighted by Crippen LogP contribution is 2.10. The summed E-state index contributed by atoms with van der Waals surface area (Å²) in [7, 11) is 0. The number of aromatic nitrogens is 3. The Bertz CT molecular complexity index is 696. The van der Waals surface area contributed by atoms with E-state index in [1.54, 1.807) is 6.92 Å². The van der Waals surface area contributed by atoms with E-state index in [4.69, 9.17) is 9.47 Å². The summed E-state index contributed by atoms with van der Waals surface area (Å²) < 4.78 is 13.3. The lowest BCUT2D eigenvalue weighted by molar-refractivity contribution is 0.342. The summed E-state index contributed by atoms with van der Waals surface area (Å²) in [5, 5.41) is 0. The summed E-state index contributed by atoms with van der Waals surface area (Å²) in [6.07, 6.45) is -0.256. The number of nitrogens with zero attached hydrogens (tertiary/aromatic N) is 3. The van der Waals surface area contributed by atoms with Crippen LogP contribution in [0.25, 0.3) is 0 Å². The Morgan fingerprint density at radius 3 is 1.71 bits per heavy atom. The van der Waals surface area contributed by atoms with Crippen LogP contribution >= 0.6 is 0 Å². The third-order valence-corrected chi connectivity index (χ3v) is 3.39. The van der Waals surface area contributed by atoms with Crippen molar-refractivity contribution in [2.45, 2.75) is 38.8 Å². The van der Waals surface area contributed by atoms with E-state index in [9.17, 15) is 14.4 Å². The molecule has 3 heterocycles. The van der Waals surface area contributed by atoms with Gasteiger partial charge in [0.15, 0.2) is 0 Å². The summed E-state index contributed by atoms with van der Waals surface area (Å²) in [5.41, 5.74) is -1.17. The molecule has 0 bridgehead atoms. The van der Waals surface area contributed by atoms with Crippen LogP contribution in [-0.4, -0.2) is 39.1 Å². The second-order valence-electron chi connectivity index (χ2n) is 5.52. The average Bonchev–Trinajstić information content (AvgIpc) is 3.30.